The van der Waals surface area contributed by atoms with E-state index >= 15 is 0 Å². The molecule has 0 saturated heterocycles. The van der Waals surface area contributed by atoms with E-state index in [2.05, 4.69) is 39.4 Å². The average Bonchev–Trinajstić information content (AvgIpc) is 3.32. The number of nitrogens with zero attached hydrogens (tertiary/aromatic N) is 5. The maximum Gasteiger partial charge on any atom is 0.161 e. The van der Waals surface area contributed by atoms with Crippen molar-refractivity contribution in [3.05, 3.63) is 59.6 Å². The Labute approximate surface area is 187 Å². The standard InChI is InChI=1S/C22H24FN7.H2S/c1-13(2)18-12-26-30-21(27-17-4-3-14-10-25-29-19(14)6-5-17)8-20(28-22(18)30)15-7-16(23)11-24-9-15;/h7-13,17,27H,3-6H2,1-2H3,(H,25,29);1H2/t17-;/m1./s1. The number of aromatic nitrogens is 6. The molecule has 0 radical (unpaired) electrons. The molecule has 0 unspecified atom stereocenters. The first-order valence-corrected chi connectivity index (χ1v) is 10.4. The fourth-order valence-corrected chi connectivity index (χ4v) is 4.11. The first kappa shape index (κ1) is 21.3. The molecule has 9 heteroatoms. The molecule has 162 valence electrons. The molecule has 1 aliphatic carbocycles. The number of fused-ring (bicyclic) bond motifs is 2. The van der Waals surface area contributed by atoms with E-state index in [0.29, 0.717) is 17.3 Å². The van der Waals surface area contributed by atoms with Gasteiger partial charge in [-0.1, -0.05) is 13.8 Å². The van der Waals surface area contributed by atoms with Crippen molar-refractivity contribution in [2.24, 2.45) is 0 Å². The first-order valence-electron chi connectivity index (χ1n) is 10.4. The van der Waals surface area contributed by atoms with E-state index < -0.39 is 0 Å². The van der Waals surface area contributed by atoms with Crippen molar-refractivity contribution in [2.75, 3.05) is 5.32 Å². The summed E-state index contributed by atoms with van der Waals surface area (Å²) >= 11 is 0. The Kier molecular flexibility index (Phi) is 5.95. The lowest BCUT2D eigenvalue weighted by molar-refractivity contribution is 0.616. The van der Waals surface area contributed by atoms with Crippen molar-refractivity contribution in [3.8, 4) is 11.3 Å². The molecule has 31 heavy (non-hydrogen) atoms. The lowest BCUT2D eigenvalue weighted by Gasteiger charge is -2.19. The zero-order chi connectivity index (χ0) is 20.7. The number of rotatable bonds is 4. The zero-order valence-corrected chi connectivity index (χ0v) is 18.6. The second kappa shape index (κ2) is 8.66. The maximum absolute atomic E-state index is 13.8. The van der Waals surface area contributed by atoms with Gasteiger partial charge < -0.3 is 5.32 Å². The summed E-state index contributed by atoms with van der Waals surface area (Å²) in [7, 11) is 0. The Balaban J connectivity index is 0.00000231. The second-order valence-electron chi connectivity index (χ2n) is 8.20. The van der Waals surface area contributed by atoms with Crippen LogP contribution < -0.4 is 5.32 Å². The Morgan fingerprint density at radius 1 is 1.13 bits per heavy atom. The zero-order valence-electron chi connectivity index (χ0n) is 17.6. The molecule has 7 nitrogen and oxygen atoms in total. The van der Waals surface area contributed by atoms with Crippen LogP contribution in [0.4, 0.5) is 10.2 Å². The molecule has 0 bridgehead atoms. The molecule has 4 heterocycles. The highest BCUT2D eigenvalue weighted by Crippen LogP contribution is 2.28. The van der Waals surface area contributed by atoms with Crippen LogP contribution in [0, 0.1) is 5.82 Å². The van der Waals surface area contributed by atoms with Crippen molar-refractivity contribution >= 4 is 25.0 Å². The van der Waals surface area contributed by atoms with Crippen LogP contribution in [0.15, 0.2) is 36.9 Å². The molecule has 0 fully saturated rings. The van der Waals surface area contributed by atoms with Gasteiger partial charge in [-0.3, -0.25) is 10.1 Å². The Bertz CT molecular complexity index is 1180. The van der Waals surface area contributed by atoms with Gasteiger partial charge in [-0.25, -0.2) is 9.37 Å². The van der Waals surface area contributed by atoms with Crippen LogP contribution in [-0.4, -0.2) is 35.8 Å². The van der Waals surface area contributed by atoms with Gasteiger partial charge in [-0.2, -0.15) is 28.2 Å². The highest BCUT2D eigenvalue weighted by molar-refractivity contribution is 7.59. The minimum atomic E-state index is -0.375. The van der Waals surface area contributed by atoms with Gasteiger partial charge in [-0.15, -0.1) is 0 Å². The van der Waals surface area contributed by atoms with E-state index in [4.69, 9.17) is 4.98 Å². The van der Waals surface area contributed by atoms with E-state index in [-0.39, 0.29) is 25.2 Å². The number of hydrogen-bond acceptors (Lipinski definition) is 5. The van der Waals surface area contributed by atoms with Gasteiger partial charge >= 0.3 is 0 Å². The van der Waals surface area contributed by atoms with E-state index in [1.54, 1.807) is 6.20 Å². The SMILES string of the molecule is CC(C)c1cnn2c(N[C@@H]3CCc4cn[nH]c4CC3)cc(-c3cncc(F)c3)nc12.S. The number of hydrogen-bond donors (Lipinski definition) is 2. The van der Waals surface area contributed by atoms with Crippen molar-refractivity contribution in [2.45, 2.75) is 51.5 Å². The molecule has 4 aromatic heterocycles. The lowest BCUT2D eigenvalue weighted by Crippen LogP contribution is -2.22. The number of nitrogens with one attached hydrogen (secondary N) is 2. The van der Waals surface area contributed by atoms with Crippen molar-refractivity contribution in [1.82, 2.24) is 29.8 Å². The largest absolute Gasteiger partial charge is 0.367 e. The monoisotopic (exact) mass is 439 g/mol. The normalized spacial score (nSPS) is 16.1. The number of aromatic amines is 1. The van der Waals surface area contributed by atoms with Gasteiger partial charge in [0.25, 0.3) is 0 Å². The van der Waals surface area contributed by atoms with Crippen LogP contribution in [0.1, 0.15) is 49.4 Å². The smallest absolute Gasteiger partial charge is 0.161 e. The predicted octanol–water partition coefficient (Wildman–Crippen LogP) is 4.25. The number of anilines is 1. The summed E-state index contributed by atoms with van der Waals surface area (Å²) in [4.78, 5) is 8.80. The fourth-order valence-electron chi connectivity index (χ4n) is 4.11. The molecule has 1 aliphatic rings. The summed E-state index contributed by atoms with van der Waals surface area (Å²) in [5.74, 6) is 0.763. The Hall–Kier alpha value is -2.94. The summed E-state index contributed by atoms with van der Waals surface area (Å²) in [5.41, 5.74) is 5.71. The number of aryl methyl sites for hydroxylation is 2. The summed E-state index contributed by atoms with van der Waals surface area (Å²) in [6, 6.07) is 3.69. The third-order valence-electron chi connectivity index (χ3n) is 5.79. The second-order valence-corrected chi connectivity index (χ2v) is 8.20. The summed E-state index contributed by atoms with van der Waals surface area (Å²) in [5, 5.41) is 15.6. The van der Waals surface area contributed by atoms with E-state index in [1.807, 2.05) is 23.0 Å². The van der Waals surface area contributed by atoms with Gasteiger partial charge in [0, 0.05) is 35.1 Å². The maximum atomic E-state index is 13.8. The molecule has 2 N–H and O–H groups in total. The van der Waals surface area contributed by atoms with Gasteiger partial charge in [0.1, 0.15) is 11.6 Å². The van der Waals surface area contributed by atoms with Gasteiger partial charge in [0.15, 0.2) is 5.65 Å². The summed E-state index contributed by atoms with van der Waals surface area (Å²) in [6.07, 6.45) is 10.6. The predicted molar refractivity (Wildman–Crippen MR) is 123 cm³/mol. The molecular formula is C22H26FN7S. The molecule has 0 aliphatic heterocycles. The quantitative estimate of drug-likeness (QED) is 0.465. The average molecular weight is 440 g/mol. The first-order chi connectivity index (χ1) is 14.6. The highest BCUT2D eigenvalue weighted by Gasteiger charge is 2.20. The van der Waals surface area contributed by atoms with Gasteiger partial charge in [0.2, 0.25) is 0 Å². The lowest BCUT2D eigenvalue weighted by atomic mass is 10.1. The molecule has 0 amide bonds. The van der Waals surface area contributed by atoms with Gasteiger partial charge in [0.05, 0.1) is 24.3 Å². The molecule has 5 rings (SSSR count). The number of halogens is 1. The van der Waals surface area contributed by atoms with Crippen LogP contribution in [0.5, 0.6) is 0 Å². The number of pyridine rings is 1. The Morgan fingerprint density at radius 3 is 2.77 bits per heavy atom. The molecular weight excluding hydrogens is 413 g/mol. The summed E-state index contributed by atoms with van der Waals surface area (Å²) in [6.45, 7) is 4.24. The van der Waals surface area contributed by atoms with Crippen LogP contribution in [0.2, 0.25) is 0 Å². The molecule has 0 saturated carbocycles. The fraction of sp³-hybridized carbons (Fsp3) is 0.364. The molecule has 0 aromatic carbocycles. The van der Waals surface area contributed by atoms with Crippen LogP contribution in [0.25, 0.3) is 16.9 Å². The van der Waals surface area contributed by atoms with Crippen LogP contribution >= 0.6 is 13.5 Å². The topological polar surface area (TPSA) is 83.8 Å². The van der Waals surface area contributed by atoms with Crippen molar-refractivity contribution in [3.63, 3.8) is 0 Å². The van der Waals surface area contributed by atoms with E-state index in [1.165, 1.54) is 23.5 Å². The molecule has 1 atom stereocenters. The van der Waals surface area contributed by atoms with Crippen molar-refractivity contribution in [1.29, 1.82) is 0 Å². The van der Waals surface area contributed by atoms with Gasteiger partial charge in [-0.05, 0) is 43.2 Å². The van der Waals surface area contributed by atoms with Crippen LogP contribution in [-0.2, 0) is 12.8 Å². The Morgan fingerprint density at radius 2 is 1.97 bits per heavy atom. The molecule has 0 spiro atoms. The third kappa shape index (κ3) is 4.14. The molecule has 4 aromatic rings. The summed E-state index contributed by atoms with van der Waals surface area (Å²) < 4.78 is 15.7. The highest BCUT2D eigenvalue weighted by atomic mass is 32.1. The minimum absolute atomic E-state index is 0. The number of H-pyrrole nitrogens is 1. The van der Waals surface area contributed by atoms with Crippen molar-refractivity contribution < 1.29 is 4.39 Å². The van der Waals surface area contributed by atoms with Crippen LogP contribution in [0.3, 0.4) is 0 Å². The third-order valence-corrected chi connectivity index (χ3v) is 5.79. The minimum Gasteiger partial charge on any atom is -0.367 e. The van der Waals surface area contributed by atoms with E-state index in [9.17, 15) is 4.39 Å². The van der Waals surface area contributed by atoms with E-state index in [0.717, 1.165) is 42.7 Å².